The van der Waals surface area contributed by atoms with E-state index in [0.29, 0.717) is 0 Å². The number of rotatable bonds is 5. The summed E-state index contributed by atoms with van der Waals surface area (Å²) in [6.07, 6.45) is 2.80. The molecule has 0 bridgehead atoms. The molecule has 2 aromatic carbocycles. The minimum Gasteiger partial charge on any atom is -0.252 e. The Kier molecular flexibility index (Phi) is 4.59. The minimum atomic E-state index is 0.737. The van der Waals surface area contributed by atoms with Gasteiger partial charge in [-0.05, 0) is 12.1 Å². The highest BCUT2D eigenvalue weighted by Gasteiger charge is 2.07. The van der Waals surface area contributed by atoms with Crippen molar-refractivity contribution in [2.75, 3.05) is 0 Å². The molecule has 0 aliphatic carbocycles. The van der Waals surface area contributed by atoms with Crippen LogP contribution in [0.1, 0.15) is 5.69 Å². The first-order valence-electron chi connectivity index (χ1n) is 7.94. The molecule has 6 heteroatoms. The van der Waals surface area contributed by atoms with E-state index in [-0.39, 0.29) is 0 Å². The summed E-state index contributed by atoms with van der Waals surface area (Å²) >= 11 is 7.58. The fourth-order valence-corrected chi connectivity index (χ4v) is 3.51. The van der Waals surface area contributed by atoms with Gasteiger partial charge in [0.15, 0.2) is 0 Å². The number of hydrogen-bond donors (Lipinski definition) is 0. The molecule has 25 heavy (non-hydrogen) atoms. The molecule has 4 rings (SSSR count). The molecule has 124 valence electrons. The third kappa shape index (κ3) is 3.78. The Morgan fingerprint density at radius 3 is 2.56 bits per heavy atom. The highest BCUT2D eigenvalue weighted by molar-refractivity contribution is 7.13. The largest absolute Gasteiger partial charge is 0.252 e. The zero-order valence-corrected chi connectivity index (χ0v) is 14.9. The van der Waals surface area contributed by atoms with Crippen LogP contribution in [0, 0.1) is 0 Å². The second-order valence-corrected chi connectivity index (χ2v) is 6.93. The van der Waals surface area contributed by atoms with Crippen molar-refractivity contribution >= 4 is 22.9 Å². The van der Waals surface area contributed by atoms with Crippen LogP contribution in [0.5, 0.6) is 0 Å². The molecule has 0 radical (unpaired) electrons. The van der Waals surface area contributed by atoms with Gasteiger partial charge in [0.2, 0.25) is 0 Å². The van der Waals surface area contributed by atoms with Crippen LogP contribution in [0.4, 0.5) is 0 Å². The lowest BCUT2D eigenvalue weighted by Gasteiger charge is -1.98. The highest BCUT2D eigenvalue weighted by Crippen LogP contribution is 2.25. The molecular weight excluding hydrogens is 352 g/mol. The van der Waals surface area contributed by atoms with Gasteiger partial charge >= 0.3 is 0 Å². The van der Waals surface area contributed by atoms with Gasteiger partial charge in [-0.25, -0.2) is 4.98 Å². The minimum absolute atomic E-state index is 0.737. The van der Waals surface area contributed by atoms with Crippen LogP contribution in [-0.4, -0.2) is 20.0 Å². The van der Waals surface area contributed by atoms with Gasteiger partial charge in [0.1, 0.15) is 10.7 Å². The first-order chi connectivity index (χ1) is 12.3. The molecular formula is C19H15ClN4S. The molecule has 0 N–H and O–H groups in total. The third-order valence-electron chi connectivity index (χ3n) is 3.85. The molecule has 0 saturated carbocycles. The normalized spacial score (nSPS) is 10.9. The van der Waals surface area contributed by atoms with Crippen molar-refractivity contribution in [2.24, 2.45) is 0 Å². The van der Waals surface area contributed by atoms with Gasteiger partial charge < -0.3 is 0 Å². The predicted octanol–water partition coefficient (Wildman–Crippen LogP) is 4.96. The fraction of sp³-hybridized carbons (Fsp3) is 0.105. The zero-order chi connectivity index (χ0) is 17.1. The van der Waals surface area contributed by atoms with E-state index < -0.39 is 0 Å². The number of nitrogens with zero attached hydrogens (tertiary/aromatic N) is 4. The quantitative estimate of drug-likeness (QED) is 0.501. The number of thiazole rings is 1. The van der Waals surface area contributed by atoms with Crippen molar-refractivity contribution in [2.45, 2.75) is 13.0 Å². The molecule has 0 saturated heterocycles. The molecule has 2 heterocycles. The van der Waals surface area contributed by atoms with E-state index in [2.05, 4.69) is 15.7 Å². The second kappa shape index (κ2) is 7.17. The van der Waals surface area contributed by atoms with E-state index in [4.69, 9.17) is 16.6 Å². The van der Waals surface area contributed by atoms with Gasteiger partial charge in [-0.2, -0.15) is 0 Å². The van der Waals surface area contributed by atoms with Crippen LogP contribution in [0.15, 0.2) is 66.2 Å². The maximum atomic E-state index is 5.94. The number of benzene rings is 2. The molecule has 0 aliphatic rings. The molecule has 0 unspecified atom stereocenters. The van der Waals surface area contributed by atoms with Gasteiger partial charge in [-0.15, -0.1) is 16.4 Å². The molecule has 0 aliphatic heterocycles. The van der Waals surface area contributed by atoms with Gasteiger partial charge in [-0.3, -0.25) is 4.68 Å². The molecule has 0 amide bonds. The van der Waals surface area contributed by atoms with Crippen LogP contribution in [-0.2, 0) is 13.0 Å². The zero-order valence-electron chi connectivity index (χ0n) is 13.3. The van der Waals surface area contributed by atoms with E-state index in [0.717, 1.165) is 45.5 Å². The van der Waals surface area contributed by atoms with Crippen molar-refractivity contribution in [3.8, 4) is 21.8 Å². The predicted molar refractivity (Wildman–Crippen MR) is 102 cm³/mol. The van der Waals surface area contributed by atoms with E-state index >= 15 is 0 Å². The van der Waals surface area contributed by atoms with Gasteiger partial charge in [0.05, 0.1) is 11.9 Å². The lowest BCUT2D eigenvalue weighted by Crippen LogP contribution is -2.02. The van der Waals surface area contributed by atoms with Crippen LogP contribution < -0.4 is 0 Å². The Bertz CT molecular complexity index is 961. The van der Waals surface area contributed by atoms with Crippen LogP contribution in [0.2, 0.25) is 5.02 Å². The lowest BCUT2D eigenvalue weighted by molar-refractivity contribution is 0.585. The first kappa shape index (κ1) is 16.0. The maximum Gasteiger partial charge on any atom is 0.123 e. The van der Waals surface area contributed by atoms with Crippen molar-refractivity contribution in [3.05, 3.63) is 76.9 Å². The van der Waals surface area contributed by atoms with Gasteiger partial charge in [0.25, 0.3) is 0 Å². The van der Waals surface area contributed by atoms with Crippen molar-refractivity contribution < 1.29 is 0 Å². The molecule has 4 nitrogen and oxygen atoms in total. The van der Waals surface area contributed by atoms with Crippen molar-refractivity contribution in [3.63, 3.8) is 0 Å². The molecule has 2 aromatic heterocycles. The van der Waals surface area contributed by atoms with Crippen LogP contribution >= 0.6 is 22.9 Å². The Morgan fingerprint density at radius 1 is 0.960 bits per heavy atom. The third-order valence-corrected chi connectivity index (χ3v) is 5.04. The molecule has 0 fully saturated rings. The number of aryl methyl sites for hydroxylation is 2. The number of aromatic nitrogens is 4. The maximum absolute atomic E-state index is 5.94. The van der Waals surface area contributed by atoms with Crippen molar-refractivity contribution in [1.29, 1.82) is 0 Å². The van der Waals surface area contributed by atoms with Gasteiger partial charge in [-0.1, -0.05) is 59.3 Å². The summed E-state index contributed by atoms with van der Waals surface area (Å²) in [5.74, 6) is 0. The smallest absolute Gasteiger partial charge is 0.123 e. The summed E-state index contributed by atoms with van der Waals surface area (Å²) in [7, 11) is 0. The first-order valence-corrected chi connectivity index (χ1v) is 9.19. The highest BCUT2D eigenvalue weighted by atomic mass is 35.5. The number of hydrogen-bond acceptors (Lipinski definition) is 4. The standard InChI is InChI=1S/C19H15ClN4S/c20-16-8-6-15(7-9-16)19-21-17(13-25-19)10-11-24-12-18(22-23-24)14-4-2-1-3-5-14/h1-9,12-13H,10-11H2. The van der Waals surface area contributed by atoms with Crippen LogP contribution in [0.3, 0.4) is 0 Å². The lowest BCUT2D eigenvalue weighted by atomic mass is 10.2. The van der Waals surface area contributed by atoms with Crippen LogP contribution in [0.25, 0.3) is 21.8 Å². The molecule has 0 spiro atoms. The number of halogens is 1. The summed E-state index contributed by atoms with van der Waals surface area (Å²) in [6, 6.07) is 17.8. The average molecular weight is 367 g/mol. The Labute approximate surface area is 154 Å². The Balaban J connectivity index is 1.42. The van der Waals surface area contributed by atoms with Crippen molar-refractivity contribution in [1.82, 2.24) is 20.0 Å². The Hall–Kier alpha value is -2.50. The van der Waals surface area contributed by atoms with E-state index in [1.807, 2.05) is 65.5 Å². The SMILES string of the molecule is Clc1ccc(-c2nc(CCn3cc(-c4ccccc4)nn3)cs2)cc1. The monoisotopic (exact) mass is 366 g/mol. The molecule has 4 aromatic rings. The summed E-state index contributed by atoms with van der Waals surface area (Å²) in [4.78, 5) is 4.70. The van der Waals surface area contributed by atoms with E-state index in [1.54, 1.807) is 11.3 Å². The summed E-state index contributed by atoms with van der Waals surface area (Å²) in [5, 5.41) is 12.3. The van der Waals surface area contributed by atoms with E-state index in [1.165, 1.54) is 0 Å². The summed E-state index contributed by atoms with van der Waals surface area (Å²) in [5.41, 5.74) is 4.12. The fourth-order valence-electron chi connectivity index (χ4n) is 2.52. The second-order valence-electron chi connectivity index (χ2n) is 5.63. The summed E-state index contributed by atoms with van der Waals surface area (Å²) in [6.45, 7) is 0.754. The Morgan fingerprint density at radius 2 is 1.76 bits per heavy atom. The van der Waals surface area contributed by atoms with Gasteiger partial charge in [0, 0.05) is 34.5 Å². The average Bonchev–Trinajstić information content (AvgIpc) is 3.31. The topological polar surface area (TPSA) is 43.6 Å². The van der Waals surface area contributed by atoms with E-state index in [9.17, 15) is 0 Å². The molecule has 0 atom stereocenters. The summed E-state index contributed by atoms with van der Waals surface area (Å²) < 4.78 is 1.86.